The molecule has 5 rings (SSSR count). The average molecular weight is 479 g/mol. The summed E-state index contributed by atoms with van der Waals surface area (Å²) in [5.74, 6) is 1.33. The highest BCUT2D eigenvalue weighted by Gasteiger charge is 2.31. The molecule has 3 aliphatic rings. The first kappa shape index (κ1) is 24.0. The lowest BCUT2D eigenvalue weighted by Crippen LogP contribution is -2.37. The van der Waals surface area contributed by atoms with Crippen molar-refractivity contribution in [2.24, 2.45) is 5.92 Å². The normalized spacial score (nSPS) is 20.3. The Balaban J connectivity index is 1.26. The molecule has 188 valence electrons. The molecular formula is C28H38N4O3. The molecule has 35 heavy (non-hydrogen) atoms. The number of hydrogen-bond acceptors (Lipinski definition) is 5. The van der Waals surface area contributed by atoms with E-state index in [0.717, 1.165) is 56.6 Å². The van der Waals surface area contributed by atoms with E-state index in [1.807, 2.05) is 24.3 Å². The van der Waals surface area contributed by atoms with Gasteiger partial charge in [0.05, 0.1) is 6.04 Å². The van der Waals surface area contributed by atoms with Gasteiger partial charge in [-0.25, -0.2) is 0 Å². The highest BCUT2D eigenvalue weighted by Crippen LogP contribution is 2.40. The first-order valence-electron chi connectivity index (χ1n) is 13.6. The summed E-state index contributed by atoms with van der Waals surface area (Å²) in [7, 11) is 0. The Morgan fingerprint density at radius 3 is 2.51 bits per heavy atom. The van der Waals surface area contributed by atoms with Crippen LogP contribution < -0.4 is 10.6 Å². The molecule has 3 fully saturated rings. The second-order valence-corrected chi connectivity index (χ2v) is 10.5. The van der Waals surface area contributed by atoms with Crippen LogP contribution in [0.15, 0.2) is 34.9 Å². The van der Waals surface area contributed by atoms with Crippen molar-refractivity contribution in [1.29, 1.82) is 0 Å². The minimum Gasteiger partial charge on any atom is -0.360 e. The lowest BCUT2D eigenvalue weighted by atomic mass is 9.80. The summed E-state index contributed by atoms with van der Waals surface area (Å²) in [6, 6.07) is 9.41. The van der Waals surface area contributed by atoms with Gasteiger partial charge in [0.1, 0.15) is 5.76 Å². The van der Waals surface area contributed by atoms with E-state index in [2.05, 4.69) is 20.7 Å². The van der Waals surface area contributed by atoms with Crippen LogP contribution in [-0.2, 0) is 0 Å². The van der Waals surface area contributed by atoms with Gasteiger partial charge in [-0.05, 0) is 75.2 Å². The number of amides is 2. The largest absolute Gasteiger partial charge is 0.360 e. The predicted octanol–water partition coefficient (Wildman–Crippen LogP) is 4.82. The van der Waals surface area contributed by atoms with Gasteiger partial charge in [0, 0.05) is 30.6 Å². The fourth-order valence-corrected chi connectivity index (χ4v) is 5.60. The number of nitrogens with zero attached hydrogens (tertiary/aromatic N) is 2. The first-order valence-corrected chi connectivity index (χ1v) is 13.6. The molecular weight excluding hydrogens is 440 g/mol. The van der Waals surface area contributed by atoms with Crippen molar-refractivity contribution in [3.63, 3.8) is 0 Å². The summed E-state index contributed by atoms with van der Waals surface area (Å²) < 4.78 is 5.41. The molecule has 2 heterocycles. The summed E-state index contributed by atoms with van der Waals surface area (Å²) in [5.41, 5.74) is 1.98. The van der Waals surface area contributed by atoms with Crippen LogP contribution in [0.4, 0.5) is 0 Å². The third-order valence-corrected chi connectivity index (χ3v) is 7.82. The molecule has 0 spiro atoms. The van der Waals surface area contributed by atoms with E-state index < -0.39 is 0 Å². The van der Waals surface area contributed by atoms with Crippen LogP contribution >= 0.6 is 0 Å². The van der Waals surface area contributed by atoms with Crippen LogP contribution in [0.3, 0.4) is 0 Å². The predicted molar refractivity (Wildman–Crippen MR) is 134 cm³/mol. The van der Waals surface area contributed by atoms with Gasteiger partial charge in [-0.1, -0.05) is 43.0 Å². The fraction of sp³-hybridized carbons (Fsp3) is 0.607. The molecule has 1 saturated heterocycles. The van der Waals surface area contributed by atoms with Crippen LogP contribution in [0.5, 0.6) is 0 Å². The SMILES string of the molecule is O=C(NCCN1CCCCC1)c1cccc(C(NC(=O)c2cc(C3CC3)on2)C2CCCCC2)c1. The quantitative estimate of drug-likeness (QED) is 0.540. The van der Waals surface area contributed by atoms with Crippen LogP contribution in [-0.4, -0.2) is 48.0 Å². The Labute approximate surface area is 208 Å². The van der Waals surface area contributed by atoms with Crippen LogP contribution in [0, 0.1) is 5.92 Å². The number of rotatable bonds is 9. The second-order valence-electron chi connectivity index (χ2n) is 10.5. The van der Waals surface area contributed by atoms with Gasteiger partial charge >= 0.3 is 0 Å². The Bertz CT molecular complexity index is 1000. The summed E-state index contributed by atoms with van der Waals surface area (Å²) in [6.45, 7) is 3.80. The maximum atomic E-state index is 13.1. The van der Waals surface area contributed by atoms with Gasteiger partial charge in [-0.2, -0.15) is 0 Å². The smallest absolute Gasteiger partial charge is 0.273 e. The van der Waals surface area contributed by atoms with E-state index in [4.69, 9.17) is 4.52 Å². The molecule has 0 radical (unpaired) electrons. The Hall–Kier alpha value is -2.67. The highest BCUT2D eigenvalue weighted by atomic mass is 16.5. The molecule has 2 N–H and O–H groups in total. The number of benzene rings is 1. The Morgan fingerprint density at radius 2 is 1.74 bits per heavy atom. The molecule has 2 aliphatic carbocycles. The number of aromatic nitrogens is 1. The van der Waals surface area contributed by atoms with Crippen LogP contribution in [0.1, 0.15) is 108 Å². The average Bonchev–Trinajstić information content (AvgIpc) is 3.64. The van der Waals surface area contributed by atoms with Crippen molar-refractivity contribution in [2.75, 3.05) is 26.2 Å². The number of carbonyl (C=O) groups excluding carboxylic acids is 2. The summed E-state index contributed by atoms with van der Waals surface area (Å²) >= 11 is 0. The standard InChI is InChI=1S/C28H38N4O3/c33-27(29-14-17-32-15-5-2-6-16-32)23-11-7-10-22(18-23)26(21-8-3-1-4-9-21)30-28(34)24-19-25(35-31-24)20-12-13-20/h7,10-11,18-21,26H,1-6,8-9,12-17H2,(H,29,33)(H,30,34). The van der Waals surface area contributed by atoms with E-state index in [0.29, 0.717) is 29.6 Å². The molecule has 2 aromatic rings. The topological polar surface area (TPSA) is 87.5 Å². The maximum absolute atomic E-state index is 13.1. The van der Waals surface area contributed by atoms with Crippen LogP contribution in [0.2, 0.25) is 0 Å². The van der Waals surface area contributed by atoms with Crippen molar-refractivity contribution in [1.82, 2.24) is 20.7 Å². The Morgan fingerprint density at radius 1 is 0.971 bits per heavy atom. The number of hydrogen-bond donors (Lipinski definition) is 2. The zero-order valence-electron chi connectivity index (χ0n) is 20.6. The monoisotopic (exact) mass is 478 g/mol. The number of piperidine rings is 1. The molecule has 7 nitrogen and oxygen atoms in total. The second kappa shape index (κ2) is 11.4. The third-order valence-electron chi connectivity index (χ3n) is 7.82. The van der Waals surface area contributed by atoms with Crippen molar-refractivity contribution in [3.8, 4) is 0 Å². The lowest BCUT2D eigenvalue weighted by Gasteiger charge is -2.31. The Kier molecular flexibility index (Phi) is 7.82. The van der Waals surface area contributed by atoms with E-state index in [1.54, 1.807) is 6.07 Å². The third kappa shape index (κ3) is 6.31. The van der Waals surface area contributed by atoms with Crippen molar-refractivity contribution in [2.45, 2.75) is 76.2 Å². The minimum atomic E-state index is -0.201. The van der Waals surface area contributed by atoms with E-state index in [1.165, 1.54) is 38.5 Å². The molecule has 2 amide bonds. The molecule has 2 saturated carbocycles. The fourth-order valence-electron chi connectivity index (χ4n) is 5.60. The van der Waals surface area contributed by atoms with Gasteiger partial charge in [0.2, 0.25) is 0 Å². The van der Waals surface area contributed by atoms with Gasteiger partial charge < -0.3 is 20.1 Å². The zero-order chi connectivity index (χ0) is 24.0. The van der Waals surface area contributed by atoms with E-state index in [-0.39, 0.29) is 17.9 Å². The number of carbonyl (C=O) groups is 2. The lowest BCUT2D eigenvalue weighted by molar-refractivity contribution is 0.0903. The van der Waals surface area contributed by atoms with Crippen LogP contribution in [0.25, 0.3) is 0 Å². The number of likely N-dealkylation sites (tertiary alicyclic amines) is 1. The van der Waals surface area contributed by atoms with Gasteiger partial charge in [-0.15, -0.1) is 0 Å². The first-order chi connectivity index (χ1) is 17.2. The molecule has 1 unspecified atom stereocenters. The van der Waals surface area contributed by atoms with E-state index >= 15 is 0 Å². The van der Waals surface area contributed by atoms with Gasteiger partial charge in [0.25, 0.3) is 11.8 Å². The summed E-state index contributed by atoms with van der Waals surface area (Å²) in [6.07, 6.45) is 11.7. The zero-order valence-corrected chi connectivity index (χ0v) is 20.6. The van der Waals surface area contributed by atoms with Gasteiger partial charge in [0.15, 0.2) is 5.69 Å². The maximum Gasteiger partial charge on any atom is 0.273 e. The molecule has 7 heteroatoms. The molecule has 0 bridgehead atoms. The highest BCUT2D eigenvalue weighted by molar-refractivity contribution is 5.94. The molecule has 1 aromatic carbocycles. The van der Waals surface area contributed by atoms with Crippen molar-refractivity contribution >= 4 is 11.8 Å². The van der Waals surface area contributed by atoms with Crippen molar-refractivity contribution in [3.05, 3.63) is 52.9 Å². The van der Waals surface area contributed by atoms with Gasteiger partial charge in [-0.3, -0.25) is 9.59 Å². The summed E-state index contributed by atoms with van der Waals surface area (Å²) in [5, 5.41) is 10.4. The van der Waals surface area contributed by atoms with E-state index in [9.17, 15) is 9.59 Å². The molecule has 1 aromatic heterocycles. The summed E-state index contributed by atoms with van der Waals surface area (Å²) in [4.78, 5) is 28.5. The molecule has 1 atom stereocenters. The number of nitrogens with one attached hydrogen (secondary N) is 2. The van der Waals surface area contributed by atoms with Crippen molar-refractivity contribution < 1.29 is 14.1 Å². The minimum absolute atomic E-state index is 0.0526. The molecule has 1 aliphatic heterocycles.